The van der Waals surface area contributed by atoms with Crippen LogP contribution in [0.3, 0.4) is 0 Å². The molecule has 2 heterocycles. The Kier molecular flexibility index (Phi) is 6.92. The predicted molar refractivity (Wildman–Crippen MR) is 117 cm³/mol. The van der Waals surface area contributed by atoms with Gasteiger partial charge in [0.2, 0.25) is 5.91 Å². The molecule has 0 fully saturated rings. The van der Waals surface area contributed by atoms with Crippen molar-refractivity contribution in [2.24, 2.45) is 5.92 Å². The molecule has 0 bridgehead atoms. The Morgan fingerprint density at radius 3 is 2.69 bits per heavy atom. The first-order chi connectivity index (χ1) is 13.9. The number of hydrogen-bond acceptors (Lipinski definition) is 5. The Morgan fingerprint density at radius 2 is 1.97 bits per heavy atom. The van der Waals surface area contributed by atoms with E-state index >= 15 is 0 Å². The average molecular weight is 431 g/mol. The molecule has 1 N–H and O–H groups in total. The summed E-state index contributed by atoms with van der Waals surface area (Å²) in [5.74, 6) is 0.239. The van der Waals surface area contributed by atoms with E-state index in [0.717, 1.165) is 5.56 Å². The molecule has 3 aromatic rings. The average Bonchev–Trinajstić information content (AvgIpc) is 2.69. The van der Waals surface area contributed by atoms with Gasteiger partial charge in [-0.15, -0.1) is 0 Å². The van der Waals surface area contributed by atoms with Crippen molar-refractivity contribution in [2.75, 3.05) is 5.75 Å². The summed E-state index contributed by atoms with van der Waals surface area (Å²) in [6.45, 7) is 6.48. The molecule has 0 aliphatic carbocycles. The van der Waals surface area contributed by atoms with Crippen LogP contribution in [0.2, 0.25) is 5.02 Å². The van der Waals surface area contributed by atoms with Crippen molar-refractivity contribution in [1.29, 1.82) is 0 Å². The SMILES string of the molecule is CC(C)Cn1c(SCC(=O)NC(C)c2ccccc2Cl)nc2ncccc2c1=O. The number of amides is 1. The van der Waals surface area contributed by atoms with Crippen LogP contribution < -0.4 is 10.9 Å². The lowest BCUT2D eigenvalue weighted by atomic mass is 10.1. The van der Waals surface area contributed by atoms with Gasteiger partial charge in [0.05, 0.1) is 17.2 Å². The molecule has 0 saturated carbocycles. The molecule has 1 unspecified atom stereocenters. The first-order valence-electron chi connectivity index (χ1n) is 9.39. The van der Waals surface area contributed by atoms with Crippen LogP contribution >= 0.6 is 23.4 Å². The zero-order valence-electron chi connectivity index (χ0n) is 16.6. The minimum absolute atomic E-state index is 0.135. The first-order valence-corrected chi connectivity index (χ1v) is 10.7. The minimum Gasteiger partial charge on any atom is -0.349 e. The van der Waals surface area contributed by atoms with E-state index < -0.39 is 0 Å². The van der Waals surface area contributed by atoms with Crippen LogP contribution in [0.15, 0.2) is 52.5 Å². The third kappa shape index (κ3) is 5.16. The van der Waals surface area contributed by atoms with E-state index in [9.17, 15) is 9.59 Å². The van der Waals surface area contributed by atoms with Crippen LogP contribution in [0.1, 0.15) is 32.4 Å². The van der Waals surface area contributed by atoms with Gasteiger partial charge >= 0.3 is 0 Å². The van der Waals surface area contributed by atoms with Crippen molar-refractivity contribution in [3.8, 4) is 0 Å². The first kappa shape index (κ1) is 21.3. The van der Waals surface area contributed by atoms with Crippen LogP contribution in [0, 0.1) is 5.92 Å². The second kappa shape index (κ2) is 9.41. The molecule has 0 aliphatic rings. The van der Waals surface area contributed by atoms with Crippen molar-refractivity contribution < 1.29 is 4.79 Å². The fourth-order valence-corrected chi connectivity index (χ4v) is 4.10. The molecule has 152 valence electrons. The zero-order chi connectivity index (χ0) is 21.0. The molecule has 1 atom stereocenters. The van der Waals surface area contributed by atoms with Gasteiger partial charge in [-0.2, -0.15) is 0 Å². The molecular formula is C21H23ClN4O2S. The lowest BCUT2D eigenvalue weighted by molar-refractivity contribution is -0.119. The zero-order valence-corrected chi connectivity index (χ0v) is 18.1. The van der Waals surface area contributed by atoms with Crippen LogP contribution in [-0.2, 0) is 11.3 Å². The quantitative estimate of drug-likeness (QED) is 0.451. The van der Waals surface area contributed by atoms with Crippen LogP contribution in [0.5, 0.6) is 0 Å². The number of carbonyl (C=O) groups is 1. The van der Waals surface area contributed by atoms with Crippen LogP contribution in [-0.4, -0.2) is 26.2 Å². The molecule has 1 aromatic carbocycles. The number of nitrogens with zero attached hydrogens (tertiary/aromatic N) is 3. The molecule has 0 spiro atoms. The Morgan fingerprint density at radius 1 is 1.21 bits per heavy atom. The molecule has 0 aliphatic heterocycles. The Labute approximate surface area is 178 Å². The van der Waals surface area contributed by atoms with Crippen molar-refractivity contribution in [3.63, 3.8) is 0 Å². The van der Waals surface area contributed by atoms with Gasteiger partial charge < -0.3 is 5.32 Å². The van der Waals surface area contributed by atoms with E-state index in [1.54, 1.807) is 29.0 Å². The number of pyridine rings is 1. The third-order valence-electron chi connectivity index (χ3n) is 4.32. The smallest absolute Gasteiger partial charge is 0.263 e. The number of aromatic nitrogens is 3. The number of fused-ring (bicyclic) bond motifs is 1. The largest absolute Gasteiger partial charge is 0.349 e. The van der Waals surface area contributed by atoms with Gasteiger partial charge in [-0.05, 0) is 36.6 Å². The highest BCUT2D eigenvalue weighted by Crippen LogP contribution is 2.23. The van der Waals surface area contributed by atoms with Gasteiger partial charge in [-0.25, -0.2) is 9.97 Å². The molecule has 0 saturated heterocycles. The number of benzene rings is 1. The second-order valence-electron chi connectivity index (χ2n) is 7.18. The van der Waals surface area contributed by atoms with E-state index in [-0.39, 0.29) is 29.2 Å². The lowest BCUT2D eigenvalue weighted by Crippen LogP contribution is -2.29. The third-order valence-corrected chi connectivity index (χ3v) is 5.64. The van der Waals surface area contributed by atoms with Crippen molar-refractivity contribution in [1.82, 2.24) is 19.9 Å². The summed E-state index contributed by atoms with van der Waals surface area (Å²) >= 11 is 7.44. The normalized spacial score (nSPS) is 12.3. The highest BCUT2D eigenvalue weighted by Gasteiger charge is 2.16. The maximum Gasteiger partial charge on any atom is 0.263 e. The molecule has 8 heteroatoms. The predicted octanol–water partition coefficient (Wildman–Crippen LogP) is 4.07. The summed E-state index contributed by atoms with van der Waals surface area (Å²) in [5, 5.41) is 4.53. The highest BCUT2D eigenvalue weighted by atomic mass is 35.5. The standard InChI is InChI=1S/C21H23ClN4O2S/c1-13(2)11-26-20(28)16-8-6-10-23-19(16)25-21(26)29-12-18(27)24-14(3)15-7-4-5-9-17(15)22/h4-10,13-14H,11-12H2,1-3H3,(H,24,27). The van der Waals surface area contributed by atoms with E-state index in [1.165, 1.54) is 11.8 Å². The van der Waals surface area contributed by atoms with Crippen molar-refractivity contribution in [3.05, 3.63) is 63.5 Å². The van der Waals surface area contributed by atoms with Crippen molar-refractivity contribution >= 4 is 40.3 Å². The fourth-order valence-electron chi connectivity index (χ4n) is 2.99. The maximum atomic E-state index is 12.9. The van der Waals surface area contributed by atoms with E-state index in [2.05, 4.69) is 15.3 Å². The summed E-state index contributed by atoms with van der Waals surface area (Å²) in [6, 6.07) is 10.6. The van der Waals surface area contributed by atoms with Gasteiger partial charge in [-0.3, -0.25) is 14.2 Å². The minimum atomic E-state index is -0.221. The monoisotopic (exact) mass is 430 g/mol. The van der Waals surface area contributed by atoms with E-state index in [0.29, 0.717) is 27.8 Å². The Hall–Kier alpha value is -2.38. The highest BCUT2D eigenvalue weighted by molar-refractivity contribution is 7.99. The van der Waals surface area contributed by atoms with Gasteiger partial charge in [0, 0.05) is 17.8 Å². The topological polar surface area (TPSA) is 76.9 Å². The number of carbonyl (C=O) groups excluding carboxylic acids is 1. The van der Waals surface area contributed by atoms with Gasteiger partial charge in [0.25, 0.3) is 5.56 Å². The Balaban J connectivity index is 1.78. The number of thioether (sulfide) groups is 1. The number of halogens is 1. The number of hydrogen-bond donors (Lipinski definition) is 1. The van der Waals surface area contributed by atoms with Crippen LogP contribution in [0.25, 0.3) is 11.0 Å². The fraction of sp³-hybridized carbons (Fsp3) is 0.333. The summed E-state index contributed by atoms with van der Waals surface area (Å²) in [7, 11) is 0. The summed E-state index contributed by atoms with van der Waals surface area (Å²) in [5.41, 5.74) is 1.12. The summed E-state index contributed by atoms with van der Waals surface area (Å²) < 4.78 is 1.63. The molecule has 0 radical (unpaired) electrons. The molecule has 2 aromatic heterocycles. The van der Waals surface area contributed by atoms with Gasteiger partial charge in [0.15, 0.2) is 10.8 Å². The Bertz CT molecular complexity index is 1080. The number of rotatable bonds is 7. The molecular weight excluding hydrogens is 408 g/mol. The van der Waals surface area contributed by atoms with Crippen LogP contribution in [0.4, 0.5) is 0 Å². The molecule has 1 amide bonds. The number of nitrogens with one attached hydrogen (secondary N) is 1. The lowest BCUT2D eigenvalue weighted by Gasteiger charge is -2.17. The molecule has 3 rings (SSSR count). The second-order valence-corrected chi connectivity index (χ2v) is 8.53. The van der Waals surface area contributed by atoms with Crippen molar-refractivity contribution in [2.45, 2.75) is 38.5 Å². The molecule has 6 nitrogen and oxygen atoms in total. The van der Waals surface area contributed by atoms with E-state index in [4.69, 9.17) is 11.6 Å². The van der Waals surface area contributed by atoms with Gasteiger partial charge in [0.1, 0.15) is 0 Å². The maximum absolute atomic E-state index is 12.9. The molecule has 29 heavy (non-hydrogen) atoms. The summed E-state index contributed by atoms with van der Waals surface area (Å²) in [4.78, 5) is 34.1. The van der Waals surface area contributed by atoms with Gasteiger partial charge in [-0.1, -0.05) is 55.4 Å². The summed E-state index contributed by atoms with van der Waals surface area (Å²) in [6.07, 6.45) is 1.61. The van der Waals surface area contributed by atoms with E-state index in [1.807, 2.05) is 39.0 Å².